The number of rotatable bonds is 5. The van der Waals surface area contributed by atoms with Gasteiger partial charge < -0.3 is 0 Å². The van der Waals surface area contributed by atoms with Crippen LogP contribution < -0.4 is 4.72 Å². The van der Waals surface area contributed by atoms with Gasteiger partial charge in [-0.15, -0.1) is 11.8 Å². The molecule has 0 saturated heterocycles. The molecule has 1 heterocycles. The zero-order chi connectivity index (χ0) is 16.1. The second-order valence-corrected chi connectivity index (χ2v) is 8.62. The molecule has 1 aliphatic carbocycles. The molecule has 3 rings (SSSR count). The first-order valence-electron chi connectivity index (χ1n) is 7.80. The van der Waals surface area contributed by atoms with Crippen LogP contribution in [0.2, 0.25) is 0 Å². The Labute approximate surface area is 141 Å². The molecule has 1 aromatic carbocycles. The fourth-order valence-electron chi connectivity index (χ4n) is 2.81. The third-order valence-electron chi connectivity index (χ3n) is 3.97. The van der Waals surface area contributed by atoms with E-state index in [1.165, 1.54) is 0 Å². The first-order chi connectivity index (χ1) is 11.1. The van der Waals surface area contributed by atoms with Crippen LogP contribution in [0.15, 0.2) is 64.6 Å². The summed E-state index contributed by atoms with van der Waals surface area (Å²) in [6.45, 7) is 0. The summed E-state index contributed by atoms with van der Waals surface area (Å²) >= 11 is 1.67. The molecule has 122 valence electrons. The summed E-state index contributed by atoms with van der Waals surface area (Å²) in [5.74, 6) is 0. The van der Waals surface area contributed by atoms with Crippen LogP contribution in [-0.4, -0.2) is 24.7 Å². The molecule has 1 N–H and O–H groups in total. The second kappa shape index (κ2) is 7.47. The molecule has 2 atom stereocenters. The number of pyridine rings is 1. The second-order valence-electron chi connectivity index (χ2n) is 5.65. The van der Waals surface area contributed by atoms with Gasteiger partial charge in [-0.2, -0.15) is 0 Å². The Balaban J connectivity index is 1.74. The average molecular weight is 348 g/mol. The molecule has 1 aromatic heterocycles. The maximum Gasteiger partial charge on any atom is 0.240 e. The number of benzene rings is 1. The number of sulfonamides is 1. The number of hydrogen-bond donors (Lipinski definition) is 1. The molecular weight excluding hydrogens is 328 g/mol. The lowest BCUT2D eigenvalue weighted by atomic mass is 9.96. The highest BCUT2D eigenvalue weighted by Gasteiger charge is 2.30. The van der Waals surface area contributed by atoms with Crippen molar-refractivity contribution in [1.82, 2.24) is 9.71 Å². The van der Waals surface area contributed by atoms with Gasteiger partial charge in [0.1, 0.15) is 0 Å². The molecular formula is C17H20N2O2S2. The highest BCUT2D eigenvalue weighted by molar-refractivity contribution is 8.00. The predicted molar refractivity (Wildman–Crippen MR) is 92.9 cm³/mol. The molecule has 0 amide bonds. The Hall–Kier alpha value is -1.37. The van der Waals surface area contributed by atoms with Crippen molar-refractivity contribution in [2.24, 2.45) is 0 Å². The quantitative estimate of drug-likeness (QED) is 0.899. The summed E-state index contributed by atoms with van der Waals surface area (Å²) in [7, 11) is -3.47. The van der Waals surface area contributed by atoms with Crippen LogP contribution in [0, 0.1) is 0 Å². The number of aromatic nitrogens is 1. The molecule has 1 saturated carbocycles. The fourth-order valence-corrected chi connectivity index (χ4v) is 5.47. The summed E-state index contributed by atoms with van der Waals surface area (Å²) < 4.78 is 28.0. The van der Waals surface area contributed by atoms with Crippen molar-refractivity contribution in [3.05, 3.63) is 54.7 Å². The summed E-state index contributed by atoms with van der Waals surface area (Å²) in [5, 5.41) is 1.17. The van der Waals surface area contributed by atoms with E-state index in [0.717, 1.165) is 30.7 Å². The summed E-state index contributed by atoms with van der Waals surface area (Å²) in [5.41, 5.74) is 0. The van der Waals surface area contributed by atoms with Gasteiger partial charge in [0.05, 0.1) is 9.92 Å². The van der Waals surface area contributed by atoms with Gasteiger partial charge in [-0.1, -0.05) is 37.1 Å². The third kappa shape index (κ3) is 4.34. The van der Waals surface area contributed by atoms with E-state index in [1.807, 2.05) is 24.3 Å². The lowest BCUT2D eigenvalue weighted by Gasteiger charge is -2.31. The largest absolute Gasteiger partial charge is 0.250 e. The molecule has 23 heavy (non-hydrogen) atoms. The molecule has 1 fully saturated rings. The van der Waals surface area contributed by atoms with Crippen molar-refractivity contribution in [1.29, 1.82) is 0 Å². The Morgan fingerprint density at radius 1 is 1.00 bits per heavy atom. The zero-order valence-corrected chi connectivity index (χ0v) is 14.4. The fraction of sp³-hybridized carbons (Fsp3) is 0.353. The molecule has 4 nitrogen and oxygen atoms in total. The van der Waals surface area contributed by atoms with Crippen molar-refractivity contribution in [2.45, 2.75) is 46.9 Å². The van der Waals surface area contributed by atoms with Crippen LogP contribution in [0.1, 0.15) is 25.7 Å². The minimum absolute atomic E-state index is 0.0547. The highest BCUT2D eigenvalue weighted by Crippen LogP contribution is 2.33. The summed E-state index contributed by atoms with van der Waals surface area (Å²) in [6.07, 6.45) is 5.84. The number of nitrogens with one attached hydrogen (secondary N) is 1. The van der Waals surface area contributed by atoms with E-state index < -0.39 is 10.0 Å². The van der Waals surface area contributed by atoms with Crippen molar-refractivity contribution in [2.75, 3.05) is 0 Å². The standard InChI is InChI=1S/C17H20N2O2S2/c20-23(21,14-8-2-1-3-9-14)19-15-10-4-5-11-16(15)22-17-12-6-7-13-18-17/h1-3,6-9,12-13,15-16,19H,4-5,10-11H2/t15-,16+/m1/s1. The van der Waals surface area contributed by atoms with Crippen LogP contribution in [0.3, 0.4) is 0 Å². The molecule has 0 bridgehead atoms. The predicted octanol–water partition coefficient (Wildman–Crippen LogP) is 3.46. The van der Waals surface area contributed by atoms with E-state index in [9.17, 15) is 8.42 Å². The maximum absolute atomic E-state index is 12.6. The lowest BCUT2D eigenvalue weighted by molar-refractivity contribution is 0.422. The van der Waals surface area contributed by atoms with E-state index in [2.05, 4.69) is 9.71 Å². The molecule has 6 heteroatoms. The topological polar surface area (TPSA) is 59.1 Å². The Morgan fingerprint density at radius 2 is 1.74 bits per heavy atom. The van der Waals surface area contributed by atoms with Crippen LogP contribution in [0.25, 0.3) is 0 Å². The SMILES string of the molecule is O=S(=O)(N[C@@H]1CCCC[C@@H]1Sc1ccccn1)c1ccccc1. The lowest BCUT2D eigenvalue weighted by Crippen LogP contribution is -2.43. The van der Waals surface area contributed by atoms with Gasteiger partial charge in [0, 0.05) is 17.5 Å². The molecule has 0 radical (unpaired) electrons. The minimum atomic E-state index is -3.47. The number of thioether (sulfide) groups is 1. The molecule has 1 aliphatic rings. The smallest absolute Gasteiger partial charge is 0.240 e. The van der Waals surface area contributed by atoms with Crippen LogP contribution in [0.5, 0.6) is 0 Å². The van der Waals surface area contributed by atoms with Crippen molar-refractivity contribution in [3.63, 3.8) is 0 Å². The Bertz CT molecular complexity index is 721. The van der Waals surface area contributed by atoms with E-state index in [4.69, 9.17) is 0 Å². The monoisotopic (exact) mass is 348 g/mol. The Morgan fingerprint density at radius 3 is 2.48 bits per heavy atom. The van der Waals surface area contributed by atoms with E-state index in [-0.39, 0.29) is 11.3 Å². The van der Waals surface area contributed by atoms with Crippen LogP contribution in [-0.2, 0) is 10.0 Å². The normalized spacial score (nSPS) is 21.9. The average Bonchev–Trinajstić information content (AvgIpc) is 2.58. The van der Waals surface area contributed by atoms with Crippen molar-refractivity contribution in [3.8, 4) is 0 Å². The minimum Gasteiger partial charge on any atom is -0.250 e. The number of hydrogen-bond acceptors (Lipinski definition) is 4. The summed E-state index contributed by atoms with van der Waals surface area (Å²) in [6, 6.07) is 14.3. The van der Waals surface area contributed by atoms with E-state index in [0.29, 0.717) is 4.90 Å². The van der Waals surface area contributed by atoms with Crippen LogP contribution >= 0.6 is 11.8 Å². The molecule has 0 spiro atoms. The van der Waals surface area contributed by atoms with Gasteiger partial charge in [0.25, 0.3) is 0 Å². The van der Waals surface area contributed by atoms with E-state index in [1.54, 1.807) is 42.2 Å². The van der Waals surface area contributed by atoms with Crippen molar-refractivity contribution < 1.29 is 8.42 Å². The van der Waals surface area contributed by atoms with Crippen molar-refractivity contribution >= 4 is 21.8 Å². The molecule has 2 aromatic rings. The van der Waals surface area contributed by atoms with Gasteiger partial charge in [0.2, 0.25) is 10.0 Å². The molecule has 0 aliphatic heterocycles. The first kappa shape index (κ1) is 16.5. The molecule has 0 unspecified atom stereocenters. The maximum atomic E-state index is 12.6. The first-order valence-corrected chi connectivity index (χ1v) is 10.2. The van der Waals surface area contributed by atoms with Gasteiger partial charge in [0.15, 0.2) is 0 Å². The van der Waals surface area contributed by atoms with E-state index >= 15 is 0 Å². The Kier molecular flexibility index (Phi) is 5.35. The van der Waals surface area contributed by atoms with Crippen LogP contribution in [0.4, 0.5) is 0 Å². The number of nitrogens with zero attached hydrogens (tertiary/aromatic N) is 1. The highest BCUT2D eigenvalue weighted by atomic mass is 32.2. The van der Waals surface area contributed by atoms with Gasteiger partial charge in [-0.3, -0.25) is 0 Å². The third-order valence-corrected chi connectivity index (χ3v) is 6.83. The summed E-state index contributed by atoms with van der Waals surface area (Å²) in [4.78, 5) is 4.67. The van der Waals surface area contributed by atoms with Gasteiger partial charge in [-0.25, -0.2) is 18.1 Å². The van der Waals surface area contributed by atoms with Gasteiger partial charge >= 0.3 is 0 Å². The van der Waals surface area contributed by atoms with Gasteiger partial charge in [-0.05, 0) is 37.1 Å². The zero-order valence-electron chi connectivity index (χ0n) is 12.8.